The first-order chi connectivity index (χ1) is 23.8. The van der Waals surface area contributed by atoms with Gasteiger partial charge < -0.3 is 5.11 Å². The van der Waals surface area contributed by atoms with Crippen LogP contribution in [0.3, 0.4) is 0 Å². The molecule has 48 heavy (non-hydrogen) atoms. The van der Waals surface area contributed by atoms with Gasteiger partial charge in [0.25, 0.3) is 0 Å². The van der Waals surface area contributed by atoms with Crippen LogP contribution < -0.4 is 31.8 Å². The molecule has 7 rings (SSSR count). The van der Waals surface area contributed by atoms with Gasteiger partial charge in [-0.2, -0.15) is 0 Å². The standard InChI is InChI=1S/2C18H15P.C5H10.C2H6O.ClH.Ru/c2*1-4-10-16(11-5-1)19(17-12-6-2-7-13-17)18-14-8-3-9-15-18;1-2-4-5-3-1;1-2-3;;/h2*1-15H;1-5H2;3H,2H2,1H3;1H;/q;;;;;+1/p-1. The molecule has 0 spiro atoms. The second kappa shape index (κ2) is 25.1. The molecule has 0 unspecified atom stereocenters. The van der Waals surface area contributed by atoms with Crippen LogP contribution in [0.15, 0.2) is 182 Å². The minimum Gasteiger partial charge on any atom is -0.0622 e. The van der Waals surface area contributed by atoms with Crippen LogP contribution >= 0.6 is 25.5 Å². The SMILES string of the molecule is C1CCCC1.CCO.[Cl][Ru].c1ccc(P(c2ccccc2)c2ccccc2)cc1.c1ccc(P(c2ccccc2)c2ccccc2)cc1. The first kappa shape index (κ1) is 39.5. The molecule has 6 aromatic rings. The Kier molecular flexibility index (Phi) is 20.6. The van der Waals surface area contributed by atoms with Crippen LogP contribution in [-0.4, -0.2) is 11.7 Å². The number of aliphatic hydroxyl groups is 1. The fourth-order valence-corrected chi connectivity index (χ4v) is 9.85. The van der Waals surface area contributed by atoms with E-state index in [9.17, 15) is 0 Å². The maximum absolute atomic E-state index is 7.57. The molecule has 1 N–H and O–H groups in total. The summed E-state index contributed by atoms with van der Waals surface area (Å²) in [4.78, 5) is 0. The molecule has 0 amide bonds. The Bertz CT molecular complexity index is 1280. The van der Waals surface area contributed by atoms with Gasteiger partial charge in [0.05, 0.1) is 0 Å². The molecule has 0 radical (unpaired) electrons. The number of rotatable bonds is 6. The van der Waals surface area contributed by atoms with Gasteiger partial charge in [0.1, 0.15) is 0 Å². The summed E-state index contributed by atoms with van der Waals surface area (Å²) in [7, 11) is 3.68. The summed E-state index contributed by atoms with van der Waals surface area (Å²) >= 11 is 1.82. The van der Waals surface area contributed by atoms with Crippen molar-refractivity contribution in [2.45, 2.75) is 39.0 Å². The van der Waals surface area contributed by atoms with E-state index in [-0.39, 0.29) is 6.61 Å². The fraction of sp³-hybridized carbons (Fsp3) is 0.163. The van der Waals surface area contributed by atoms with Crippen molar-refractivity contribution in [3.8, 4) is 0 Å². The van der Waals surface area contributed by atoms with E-state index in [1.165, 1.54) is 63.9 Å². The van der Waals surface area contributed by atoms with Gasteiger partial charge in [-0.1, -0.05) is 214 Å². The van der Waals surface area contributed by atoms with E-state index in [1.54, 1.807) is 6.92 Å². The van der Waals surface area contributed by atoms with Crippen molar-refractivity contribution in [3.05, 3.63) is 182 Å². The van der Waals surface area contributed by atoms with Crippen LogP contribution in [0.4, 0.5) is 0 Å². The van der Waals surface area contributed by atoms with Gasteiger partial charge in [0.15, 0.2) is 0 Å². The van der Waals surface area contributed by atoms with Crippen LogP contribution in [0.2, 0.25) is 0 Å². The monoisotopic (exact) mass is 777 g/mol. The van der Waals surface area contributed by atoms with Crippen molar-refractivity contribution in [2.24, 2.45) is 0 Å². The first-order valence-electron chi connectivity index (χ1n) is 16.5. The summed E-state index contributed by atoms with van der Waals surface area (Å²) in [6.07, 6.45) is 7.50. The minimum atomic E-state index is -0.446. The summed E-state index contributed by atoms with van der Waals surface area (Å²) < 4.78 is 0. The molecule has 0 bridgehead atoms. The largest absolute Gasteiger partial charge is 0.0622 e. The maximum Gasteiger partial charge on any atom is -0.0134 e. The molecular formula is C43H46ClOP2Ru. The van der Waals surface area contributed by atoms with Crippen LogP contribution in [0.1, 0.15) is 39.0 Å². The zero-order valence-corrected chi connectivity index (χ0v) is 31.9. The van der Waals surface area contributed by atoms with E-state index in [2.05, 4.69) is 192 Å². The van der Waals surface area contributed by atoms with Gasteiger partial charge in [0.2, 0.25) is 0 Å². The average Bonchev–Trinajstić information content (AvgIpc) is 3.77. The minimum absolute atomic E-state index is 0.250. The summed E-state index contributed by atoms with van der Waals surface area (Å²) in [6.45, 7) is 1.93. The van der Waals surface area contributed by atoms with Crippen LogP contribution in [0.5, 0.6) is 0 Å². The van der Waals surface area contributed by atoms with Crippen molar-refractivity contribution in [2.75, 3.05) is 6.61 Å². The molecule has 0 heterocycles. The average molecular weight is 777 g/mol. The third kappa shape index (κ3) is 13.9. The van der Waals surface area contributed by atoms with E-state index >= 15 is 0 Å². The molecule has 0 atom stereocenters. The molecule has 5 heteroatoms. The molecule has 0 saturated heterocycles. The Morgan fingerprint density at radius 1 is 0.375 bits per heavy atom. The molecule has 0 aromatic heterocycles. The van der Waals surface area contributed by atoms with Crippen LogP contribution in [0.25, 0.3) is 0 Å². The number of halogens is 1. The topological polar surface area (TPSA) is 20.2 Å². The number of benzene rings is 6. The molecule has 1 aliphatic carbocycles. The second-order valence-corrected chi connectivity index (χ2v) is 15.2. The predicted molar refractivity (Wildman–Crippen MR) is 212 cm³/mol. The van der Waals surface area contributed by atoms with E-state index in [4.69, 9.17) is 5.11 Å². The van der Waals surface area contributed by atoms with Crippen molar-refractivity contribution < 1.29 is 22.4 Å². The second-order valence-electron chi connectivity index (χ2n) is 10.8. The van der Waals surface area contributed by atoms with Crippen LogP contribution in [0, 0.1) is 0 Å². The third-order valence-corrected chi connectivity index (χ3v) is 12.2. The maximum atomic E-state index is 7.57. The van der Waals surface area contributed by atoms with E-state index in [1.807, 2.05) is 17.3 Å². The molecule has 0 aliphatic heterocycles. The Morgan fingerprint density at radius 2 is 0.500 bits per heavy atom. The molecular weight excluding hydrogens is 731 g/mol. The third-order valence-electron chi connectivity index (χ3n) is 7.34. The molecule has 1 fully saturated rings. The summed E-state index contributed by atoms with van der Waals surface area (Å²) in [5, 5.41) is 16.0. The van der Waals surface area contributed by atoms with Gasteiger partial charge in [0, 0.05) is 6.61 Å². The van der Waals surface area contributed by atoms with E-state index in [0.717, 1.165) is 0 Å². The van der Waals surface area contributed by atoms with Gasteiger partial charge in [-0.15, -0.1) is 0 Å². The van der Waals surface area contributed by atoms with Crippen LogP contribution in [-0.2, 0) is 17.3 Å². The molecule has 6 aromatic carbocycles. The summed E-state index contributed by atoms with van der Waals surface area (Å²) in [5.41, 5.74) is 0. The van der Waals surface area contributed by atoms with Crippen molar-refractivity contribution in [1.29, 1.82) is 0 Å². The van der Waals surface area contributed by atoms with Gasteiger partial charge in [-0.25, -0.2) is 0 Å². The zero-order chi connectivity index (χ0) is 34.1. The summed E-state index contributed by atoms with van der Waals surface area (Å²) in [5.74, 6) is 0. The predicted octanol–water partition coefficient (Wildman–Crippen LogP) is 9.53. The molecule has 1 nitrogen and oxygen atoms in total. The Morgan fingerprint density at radius 3 is 0.625 bits per heavy atom. The van der Waals surface area contributed by atoms with E-state index < -0.39 is 15.8 Å². The van der Waals surface area contributed by atoms with Gasteiger partial charge in [-0.3, -0.25) is 0 Å². The van der Waals surface area contributed by atoms with Crippen molar-refractivity contribution >= 4 is 57.4 Å². The number of hydrogen-bond donors (Lipinski definition) is 1. The number of hydrogen-bond acceptors (Lipinski definition) is 1. The van der Waals surface area contributed by atoms with Gasteiger partial charge in [-0.05, 0) is 54.6 Å². The van der Waals surface area contributed by atoms with Crippen molar-refractivity contribution in [1.82, 2.24) is 0 Å². The Hall–Kier alpha value is -2.95. The molecule has 1 saturated carbocycles. The zero-order valence-electron chi connectivity index (χ0n) is 27.6. The summed E-state index contributed by atoms with van der Waals surface area (Å²) in [6, 6.07) is 64.7. The fourth-order valence-electron chi connectivity index (χ4n) is 5.24. The quantitative estimate of drug-likeness (QED) is 0.132. The normalized spacial score (nSPS) is 11.4. The van der Waals surface area contributed by atoms with E-state index in [0.29, 0.717) is 0 Å². The number of aliphatic hydroxyl groups excluding tert-OH is 1. The molecule has 1 aliphatic rings. The smallest absolute Gasteiger partial charge is 0.0134 e. The Balaban J connectivity index is 0.000000204. The van der Waals surface area contributed by atoms with Gasteiger partial charge >= 0.3 is 27.0 Å². The molecule has 249 valence electrons. The first-order valence-corrected chi connectivity index (χ1v) is 21.4. The van der Waals surface area contributed by atoms with Crippen molar-refractivity contribution in [3.63, 3.8) is 0 Å². The Labute approximate surface area is 305 Å².